The first kappa shape index (κ1) is 20.7. The molecule has 1 aliphatic rings. The zero-order valence-corrected chi connectivity index (χ0v) is 18.9. The topological polar surface area (TPSA) is 73.8 Å². The summed E-state index contributed by atoms with van der Waals surface area (Å²) in [4.78, 5) is 25.1. The van der Waals surface area contributed by atoms with E-state index in [0.717, 1.165) is 53.2 Å². The minimum absolute atomic E-state index is 0.0337. The van der Waals surface area contributed by atoms with Crippen LogP contribution in [0.15, 0.2) is 39.6 Å². The molecule has 0 unspecified atom stereocenters. The maximum Gasteiger partial charge on any atom is 0.345 e. The molecule has 3 aromatic rings. The second-order valence-electron chi connectivity index (χ2n) is 7.74. The highest BCUT2D eigenvalue weighted by atomic mass is 79.9. The molecular formula is C22H26BrN5O2. The van der Waals surface area contributed by atoms with Crippen LogP contribution in [0.3, 0.4) is 0 Å². The number of nitrogens with zero attached hydrogens (tertiary/aromatic N) is 4. The van der Waals surface area contributed by atoms with Crippen molar-refractivity contribution in [1.29, 1.82) is 0 Å². The van der Waals surface area contributed by atoms with Crippen LogP contribution in [0.4, 0.5) is 0 Å². The average Bonchev–Trinajstić information content (AvgIpc) is 3.21. The number of benzene rings is 1. The van der Waals surface area contributed by atoms with Gasteiger partial charge in [-0.3, -0.25) is 9.36 Å². The van der Waals surface area contributed by atoms with Crippen molar-refractivity contribution >= 4 is 21.8 Å². The Morgan fingerprint density at radius 3 is 2.83 bits per heavy atom. The molecule has 0 bridgehead atoms. The normalized spacial score (nSPS) is 13.3. The summed E-state index contributed by atoms with van der Waals surface area (Å²) in [5.74, 6) is 0.788. The highest BCUT2D eigenvalue weighted by Gasteiger charge is 2.18. The van der Waals surface area contributed by atoms with Gasteiger partial charge in [0, 0.05) is 47.6 Å². The fourth-order valence-corrected chi connectivity index (χ4v) is 4.51. The first-order valence-corrected chi connectivity index (χ1v) is 11.1. The number of carbonyl (C=O) groups is 1. The molecule has 2 aromatic heterocycles. The van der Waals surface area contributed by atoms with Crippen LogP contribution in [0.5, 0.6) is 0 Å². The Bertz CT molecular complexity index is 1140. The van der Waals surface area contributed by atoms with Gasteiger partial charge in [-0.05, 0) is 57.4 Å². The Hall–Kier alpha value is -2.61. The van der Waals surface area contributed by atoms with Crippen LogP contribution in [-0.4, -0.2) is 31.4 Å². The first-order chi connectivity index (χ1) is 14.5. The molecule has 1 aliphatic heterocycles. The van der Waals surface area contributed by atoms with Gasteiger partial charge < -0.3 is 9.88 Å². The van der Waals surface area contributed by atoms with Crippen LogP contribution >= 0.6 is 15.9 Å². The molecule has 8 heteroatoms. The summed E-state index contributed by atoms with van der Waals surface area (Å²) in [6, 6.07) is 9.93. The zero-order chi connectivity index (χ0) is 21.3. The van der Waals surface area contributed by atoms with Gasteiger partial charge in [0.05, 0.1) is 5.56 Å². The van der Waals surface area contributed by atoms with Gasteiger partial charge in [0.2, 0.25) is 0 Å². The van der Waals surface area contributed by atoms with Crippen molar-refractivity contribution in [3.63, 3.8) is 0 Å². The molecule has 0 radical (unpaired) electrons. The molecule has 7 nitrogen and oxygen atoms in total. The van der Waals surface area contributed by atoms with E-state index in [4.69, 9.17) is 0 Å². The number of hydrogen-bond acceptors (Lipinski definition) is 3. The molecule has 0 atom stereocenters. The molecule has 3 heterocycles. The summed E-state index contributed by atoms with van der Waals surface area (Å²) in [6.45, 7) is 5.72. The lowest BCUT2D eigenvalue weighted by Crippen LogP contribution is -2.29. The quantitative estimate of drug-likeness (QED) is 0.560. The molecule has 0 saturated heterocycles. The van der Waals surface area contributed by atoms with Crippen LogP contribution in [0.25, 0.3) is 5.69 Å². The van der Waals surface area contributed by atoms with Gasteiger partial charge in [0.1, 0.15) is 5.82 Å². The van der Waals surface area contributed by atoms with Crippen molar-refractivity contribution < 1.29 is 4.79 Å². The Kier molecular flexibility index (Phi) is 5.94. The number of aromatic nitrogens is 4. The van der Waals surface area contributed by atoms with Crippen LogP contribution < -0.4 is 11.0 Å². The molecule has 1 aromatic carbocycles. The van der Waals surface area contributed by atoms with Crippen molar-refractivity contribution in [2.45, 2.75) is 52.6 Å². The van der Waals surface area contributed by atoms with E-state index in [1.54, 1.807) is 4.57 Å². The summed E-state index contributed by atoms with van der Waals surface area (Å²) in [5.41, 5.74) is 3.56. The van der Waals surface area contributed by atoms with Crippen LogP contribution in [0.1, 0.15) is 46.8 Å². The van der Waals surface area contributed by atoms with E-state index in [1.807, 2.05) is 44.2 Å². The van der Waals surface area contributed by atoms with Crippen LogP contribution in [0, 0.1) is 13.8 Å². The molecule has 0 aliphatic carbocycles. The van der Waals surface area contributed by atoms with E-state index in [2.05, 4.69) is 30.9 Å². The number of halogens is 1. The second-order valence-corrected chi connectivity index (χ2v) is 8.66. The number of amides is 1. The Morgan fingerprint density at radius 1 is 1.23 bits per heavy atom. The second kappa shape index (κ2) is 8.63. The van der Waals surface area contributed by atoms with Crippen molar-refractivity contribution in [2.75, 3.05) is 6.54 Å². The number of carbonyl (C=O) groups excluding carboxylic acids is 1. The third kappa shape index (κ3) is 4.01. The highest BCUT2D eigenvalue weighted by Crippen LogP contribution is 2.23. The number of rotatable bonds is 6. The molecule has 1 N–H and O–H groups in total. The largest absolute Gasteiger partial charge is 0.352 e. The van der Waals surface area contributed by atoms with Gasteiger partial charge in [-0.2, -0.15) is 5.10 Å². The van der Waals surface area contributed by atoms with E-state index >= 15 is 0 Å². The molecule has 158 valence electrons. The van der Waals surface area contributed by atoms with Gasteiger partial charge in [0.15, 0.2) is 0 Å². The first-order valence-electron chi connectivity index (χ1n) is 10.4. The molecular weight excluding hydrogens is 446 g/mol. The molecule has 0 spiro atoms. The smallest absolute Gasteiger partial charge is 0.345 e. The molecule has 4 rings (SSSR count). The van der Waals surface area contributed by atoms with Crippen LogP contribution in [0.2, 0.25) is 0 Å². The predicted octanol–water partition coefficient (Wildman–Crippen LogP) is 3.37. The fourth-order valence-electron chi connectivity index (χ4n) is 4.13. The Morgan fingerprint density at radius 2 is 2.07 bits per heavy atom. The monoisotopic (exact) mass is 471 g/mol. The number of fused-ring (bicyclic) bond motifs is 1. The third-order valence-corrected chi connectivity index (χ3v) is 6.10. The highest BCUT2D eigenvalue weighted by molar-refractivity contribution is 9.10. The van der Waals surface area contributed by atoms with E-state index < -0.39 is 0 Å². The molecule has 1 amide bonds. The van der Waals surface area contributed by atoms with Gasteiger partial charge in [-0.25, -0.2) is 9.48 Å². The van der Waals surface area contributed by atoms with E-state index in [1.165, 1.54) is 4.68 Å². The van der Waals surface area contributed by atoms with Crippen molar-refractivity contribution in [3.8, 4) is 5.69 Å². The van der Waals surface area contributed by atoms with E-state index in [9.17, 15) is 9.59 Å². The summed E-state index contributed by atoms with van der Waals surface area (Å²) < 4.78 is 6.38. The molecule has 30 heavy (non-hydrogen) atoms. The maximum atomic E-state index is 12.7. The summed E-state index contributed by atoms with van der Waals surface area (Å²) >= 11 is 3.51. The van der Waals surface area contributed by atoms with Crippen molar-refractivity contribution in [3.05, 3.63) is 68.1 Å². The minimum Gasteiger partial charge on any atom is -0.352 e. The maximum absolute atomic E-state index is 12.7. The fraction of sp³-hybridized carbons (Fsp3) is 0.409. The summed E-state index contributed by atoms with van der Waals surface area (Å²) in [5, 5.41) is 7.43. The van der Waals surface area contributed by atoms with Crippen LogP contribution in [-0.2, 0) is 19.5 Å². The lowest BCUT2D eigenvalue weighted by molar-refractivity contribution is 0.0952. The summed E-state index contributed by atoms with van der Waals surface area (Å²) in [6.07, 6.45) is 3.65. The van der Waals surface area contributed by atoms with Gasteiger partial charge >= 0.3 is 5.69 Å². The lowest BCUT2D eigenvalue weighted by atomic mass is 10.2. The Labute approximate surface area is 183 Å². The molecule has 0 fully saturated rings. The number of nitrogens with one attached hydrogen (secondary N) is 1. The number of hydrogen-bond donors (Lipinski definition) is 1. The van der Waals surface area contributed by atoms with E-state index in [0.29, 0.717) is 25.1 Å². The lowest BCUT2D eigenvalue weighted by Gasteiger charge is -2.10. The molecule has 0 saturated carbocycles. The predicted molar refractivity (Wildman–Crippen MR) is 119 cm³/mol. The average molecular weight is 472 g/mol. The van der Waals surface area contributed by atoms with Crippen molar-refractivity contribution in [2.24, 2.45) is 0 Å². The summed E-state index contributed by atoms with van der Waals surface area (Å²) in [7, 11) is 0. The Balaban J connectivity index is 1.39. The standard InChI is InChI=1S/C22H26BrN5O2/c1-15-13-19(16(2)28(15)18-8-5-7-17(23)14-18)21(29)24-10-6-12-27-22(30)26-11-4-3-9-20(26)25-27/h5,7-8,13-14H,3-4,6,9-12H2,1-2H3,(H,24,29). The van der Waals surface area contributed by atoms with Crippen molar-refractivity contribution in [1.82, 2.24) is 24.2 Å². The minimum atomic E-state index is -0.0965. The SMILES string of the molecule is Cc1cc(C(=O)NCCCn2nc3n(c2=O)CCCC3)c(C)n1-c1cccc(Br)c1. The van der Waals surface area contributed by atoms with Gasteiger partial charge in [-0.15, -0.1) is 0 Å². The third-order valence-electron chi connectivity index (χ3n) is 5.61. The van der Waals surface area contributed by atoms with E-state index in [-0.39, 0.29) is 11.6 Å². The van der Waals surface area contributed by atoms with Gasteiger partial charge in [-0.1, -0.05) is 22.0 Å². The zero-order valence-electron chi connectivity index (χ0n) is 17.3. The van der Waals surface area contributed by atoms with Gasteiger partial charge in [0.25, 0.3) is 5.91 Å². The number of aryl methyl sites for hydroxylation is 3.